The molecule has 3 rings (SSSR count). The van der Waals surface area contributed by atoms with Gasteiger partial charge in [-0.05, 0) is 54.4 Å². The van der Waals surface area contributed by atoms with E-state index in [1.54, 1.807) is 42.6 Å². The molecule has 1 aromatic heterocycles. The number of rotatable bonds is 5. The summed E-state index contributed by atoms with van der Waals surface area (Å²) in [6.07, 6.45) is 1.59. The van der Waals surface area contributed by atoms with Crippen LogP contribution in [0, 0.1) is 12.7 Å². The molecule has 1 heterocycles. The first-order valence-corrected chi connectivity index (χ1v) is 8.41. The van der Waals surface area contributed by atoms with Crippen LogP contribution in [-0.4, -0.2) is 10.9 Å². The van der Waals surface area contributed by atoms with Gasteiger partial charge in [0.15, 0.2) is 0 Å². The van der Waals surface area contributed by atoms with E-state index in [-0.39, 0.29) is 11.7 Å². The number of anilines is 2. The van der Waals surface area contributed by atoms with E-state index in [4.69, 9.17) is 11.6 Å². The van der Waals surface area contributed by atoms with Gasteiger partial charge in [0.2, 0.25) is 0 Å². The summed E-state index contributed by atoms with van der Waals surface area (Å²) in [6, 6.07) is 15.0. The van der Waals surface area contributed by atoms with E-state index in [1.165, 1.54) is 12.1 Å². The van der Waals surface area contributed by atoms with Crippen LogP contribution in [-0.2, 0) is 6.54 Å². The SMILES string of the molecule is Cc1ccc(Cl)cc1NC(=O)c1ccc(NCc2ccc(F)cc2)cn1. The molecule has 0 saturated heterocycles. The van der Waals surface area contributed by atoms with Crippen molar-refractivity contribution in [3.63, 3.8) is 0 Å². The maximum atomic E-state index is 12.9. The second-order valence-corrected chi connectivity index (χ2v) is 6.26. The molecule has 132 valence electrons. The molecule has 2 N–H and O–H groups in total. The lowest BCUT2D eigenvalue weighted by Crippen LogP contribution is -2.14. The molecule has 0 spiro atoms. The second-order valence-electron chi connectivity index (χ2n) is 5.83. The Balaban J connectivity index is 1.62. The summed E-state index contributed by atoms with van der Waals surface area (Å²) in [5.41, 5.74) is 3.59. The lowest BCUT2D eigenvalue weighted by molar-refractivity contribution is 0.102. The number of amides is 1. The van der Waals surface area contributed by atoms with Crippen molar-refractivity contribution in [1.82, 2.24) is 4.98 Å². The third-order valence-corrected chi connectivity index (χ3v) is 4.09. The van der Waals surface area contributed by atoms with E-state index in [0.717, 1.165) is 16.8 Å². The molecule has 3 aromatic rings. The lowest BCUT2D eigenvalue weighted by Gasteiger charge is -2.10. The lowest BCUT2D eigenvalue weighted by atomic mass is 10.2. The normalized spacial score (nSPS) is 10.4. The Hall–Kier alpha value is -2.92. The molecule has 0 aliphatic heterocycles. The van der Waals surface area contributed by atoms with Crippen LogP contribution in [0.5, 0.6) is 0 Å². The van der Waals surface area contributed by atoms with Gasteiger partial charge in [-0.1, -0.05) is 29.8 Å². The minimum atomic E-state index is -0.305. The van der Waals surface area contributed by atoms with Gasteiger partial charge in [-0.3, -0.25) is 4.79 Å². The fourth-order valence-electron chi connectivity index (χ4n) is 2.35. The molecule has 0 saturated carbocycles. The van der Waals surface area contributed by atoms with Crippen LogP contribution in [0.3, 0.4) is 0 Å². The molecule has 26 heavy (non-hydrogen) atoms. The molecule has 1 amide bonds. The minimum Gasteiger partial charge on any atom is -0.380 e. The molecule has 0 fully saturated rings. The van der Waals surface area contributed by atoms with Crippen molar-refractivity contribution < 1.29 is 9.18 Å². The number of hydrogen-bond donors (Lipinski definition) is 2. The minimum absolute atomic E-state index is 0.263. The molecular formula is C20H17ClFN3O. The summed E-state index contributed by atoms with van der Waals surface area (Å²) in [6.45, 7) is 2.43. The average Bonchev–Trinajstić information content (AvgIpc) is 2.64. The number of carbonyl (C=O) groups is 1. The number of aryl methyl sites for hydroxylation is 1. The number of nitrogens with one attached hydrogen (secondary N) is 2. The zero-order valence-corrected chi connectivity index (χ0v) is 14.8. The van der Waals surface area contributed by atoms with E-state index >= 15 is 0 Å². The summed E-state index contributed by atoms with van der Waals surface area (Å²) >= 11 is 5.97. The van der Waals surface area contributed by atoms with Gasteiger partial charge in [0.05, 0.1) is 11.9 Å². The van der Waals surface area contributed by atoms with Gasteiger partial charge < -0.3 is 10.6 Å². The third kappa shape index (κ3) is 4.58. The maximum absolute atomic E-state index is 12.9. The third-order valence-electron chi connectivity index (χ3n) is 3.85. The maximum Gasteiger partial charge on any atom is 0.274 e. The molecule has 2 aromatic carbocycles. The van der Waals surface area contributed by atoms with Gasteiger partial charge in [0.25, 0.3) is 5.91 Å². The van der Waals surface area contributed by atoms with Gasteiger partial charge in [-0.15, -0.1) is 0 Å². The highest BCUT2D eigenvalue weighted by Crippen LogP contribution is 2.21. The van der Waals surface area contributed by atoms with Gasteiger partial charge >= 0.3 is 0 Å². The van der Waals surface area contributed by atoms with E-state index in [1.807, 2.05) is 13.0 Å². The van der Waals surface area contributed by atoms with Crippen LogP contribution < -0.4 is 10.6 Å². The molecular weight excluding hydrogens is 353 g/mol. The van der Waals surface area contributed by atoms with Crippen molar-refractivity contribution in [3.05, 3.63) is 88.5 Å². The monoisotopic (exact) mass is 369 g/mol. The molecule has 0 bridgehead atoms. The number of nitrogens with zero attached hydrogens (tertiary/aromatic N) is 1. The number of aromatic nitrogens is 1. The molecule has 0 aliphatic carbocycles. The fourth-order valence-corrected chi connectivity index (χ4v) is 2.53. The predicted molar refractivity (Wildman–Crippen MR) is 102 cm³/mol. The Kier molecular flexibility index (Phi) is 5.49. The largest absolute Gasteiger partial charge is 0.380 e. The Labute approximate surface area is 156 Å². The van der Waals surface area contributed by atoms with Gasteiger partial charge in [0, 0.05) is 17.3 Å². The topological polar surface area (TPSA) is 54.0 Å². The van der Waals surface area contributed by atoms with Crippen molar-refractivity contribution >= 4 is 28.9 Å². The molecule has 0 unspecified atom stereocenters. The molecule has 0 aliphatic rings. The zero-order valence-electron chi connectivity index (χ0n) is 14.1. The Morgan fingerprint density at radius 1 is 1.12 bits per heavy atom. The summed E-state index contributed by atoms with van der Waals surface area (Å²) in [5, 5.41) is 6.54. The first kappa shape index (κ1) is 17.9. The summed E-state index contributed by atoms with van der Waals surface area (Å²) < 4.78 is 12.9. The molecule has 0 atom stereocenters. The van der Waals surface area contributed by atoms with Gasteiger partial charge in [0.1, 0.15) is 11.5 Å². The standard InChI is InChI=1S/C20H17ClFN3O/c1-13-2-5-15(21)10-19(13)25-20(26)18-9-8-17(12-24-18)23-11-14-3-6-16(22)7-4-14/h2-10,12,23H,11H2,1H3,(H,25,26). The van der Waals surface area contributed by atoms with E-state index < -0.39 is 0 Å². The van der Waals surface area contributed by atoms with Crippen LogP contribution in [0.15, 0.2) is 60.8 Å². The second kappa shape index (κ2) is 7.97. The first-order valence-electron chi connectivity index (χ1n) is 8.03. The number of halogens is 2. The number of benzene rings is 2. The van der Waals surface area contributed by atoms with Crippen molar-refractivity contribution in [1.29, 1.82) is 0 Å². The van der Waals surface area contributed by atoms with E-state index in [2.05, 4.69) is 15.6 Å². The van der Waals surface area contributed by atoms with Gasteiger partial charge in [-0.2, -0.15) is 0 Å². The van der Waals surface area contributed by atoms with Gasteiger partial charge in [-0.25, -0.2) is 9.37 Å². The van der Waals surface area contributed by atoms with E-state index in [9.17, 15) is 9.18 Å². The Bertz CT molecular complexity index is 911. The Morgan fingerprint density at radius 2 is 1.88 bits per heavy atom. The highest BCUT2D eigenvalue weighted by molar-refractivity contribution is 6.31. The van der Waals surface area contributed by atoms with Crippen molar-refractivity contribution in [3.8, 4) is 0 Å². The van der Waals surface area contributed by atoms with Crippen LogP contribution >= 0.6 is 11.6 Å². The highest BCUT2D eigenvalue weighted by atomic mass is 35.5. The first-order chi connectivity index (χ1) is 12.5. The van der Waals surface area contributed by atoms with Crippen LogP contribution in [0.2, 0.25) is 5.02 Å². The summed E-state index contributed by atoms with van der Waals surface area (Å²) in [4.78, 5) is 16.5. The highest BCUT2D eigenvalue weighted by Gasteiger charge is 2.09. The molecule has 0 radical (unpaired) electrons. The van der Waals surface area contributed by atoms with E-state index in [0.29, 0.717) is 22.9 Å². The summed E-state index contributed by atoms with van der Waals surface area (Å²) in [7, 11) is 0. The van der Waals surface area contributed by atoms with Crippen LogP contribution in [0.1, 0.15) is 21.6 Å². The van der Waals surface area contributed by atoms with Crippen LogP contribution in [0.4, 0.5) is 15.8 Å². The smallest absolute Gasteiger partial charge is 0.274 e. The Morgan fingerprint density at radius 3 is 2.58 bits per heavy atom. The van der Waals surface area contributed by atoms with Crippen molar-refractivity contribution in [2.75, 3.05) is 10.6 Å². The number of hydrogen-bond acceptors (Lipinski definition) is 3. The van der Waals surface area contributed by atoms with Crippen molar-refractivity contribution in [2.45, 2.75) is 13.5 Å². The number of pyridine rings is 1. The van der Waals surface area contributed by atoms with Crippen LogP contribution in [0.25, 0.3) is 0 Å². The van der Waals surface area contributed by atoms with Crippen molar-refractivity contribution in [2.24, 2.45) is 0 Å². The molecule has 6 heteroatoms. The molecule has 4 nitrogen and oxygen atoms in total. The number of carbonyl (C=O) groups excluding carboxylic acids is 1. The zero-order chi connectivity index (χ0) is 18.5. The quantitative estimate of drug-likeness (QED) is 0.662. The summed E-state index contributed by atoms with van der Waals surface area (Å²) in [5.74, 6) is -0.568. The fraction of sp³-hybridized carbons (Fsp3) is 0.100. The average molecular weight is 370 g/mol. The predicted octanol–water partition coefficient (Wildman–Crippen LogP) is 5.05.